The highest BCUT2D eigenvalue weighted by Crippen LogP contribution is 2.26. The summed E-state index contributed by atoms with van der Waals surface area (Å²) in [6, 6.07) is 8.21. The zero-order chi connectivity index (χ0) is 14.7. The molecule has 2 aromatic rings. The zero-order valence-electron chi connectivity index (χ0n) is 12.2. The number of hydrogen-bond acceptors (Lipinski definition) is 5. The van der Waals surface area contributed by atoms with Crippen LogP contribution in [-0.2, 0) is 13.0 Å². The van der Waals surface area contributed by atoms with Crippen LogP contribution in [0.15, 0.2) is 24.3 Å². The highest BCUT2D eigenvalue weighted by Gasteiger charge is 2.22. The number of aromatic nitrogens is 3. The van der Waals surface area contributed by atoms with Crippen LogP contribution in [0.3, 0.4) is 0 Å². The number of aryl methyl sites for hydroxylation is 1. The maximum Gasteiger partial charge on any atom is 0.221 e. The molecule has 112 valence electrons. The van der Waals surface area contributed by atoms with Crippen LogP contribution in [0.4, 0.5) is 5.95 Å². The molecule has 0 radical (unpaired) electrons. The molecule has 6 nitrogen and oxygen atoms in total. The summed E-state index contributed by atoms with van der Waals surface area (Å²) in [6.45, 7) is 2.37. The Hall–Kier alpha value is -2.08. The number of nitrogens with one attached hydrogen (secondary N) is 1. The first-order valence-electron chi connectivity index (χ1n) is 7.31. The summed E-state index contributed by atoms with van der Waals surface area (Å²) in [4.78, 5) is 4.51. The third kappa shape index (κ3) is 3.00. The second kappa shape index (κ2) is 6.13. The molecule has 0 spiro atoms. The highest BCUT2D eigenvalue weighted by molar-refractivity contribution is 5.35. The summed E-state index contributed by atoms with van der Waals surface area (Å²) >= 11 is 0. The van der Waals surface area contributed by atoms with Crippen molar-refractivity contribution < 1.29 is 4.74 Å². The van der Waals surface area contributed by atoms with E-state index in [0.717, 1.165) is 43.5 Å². The van der Waals surface area contributed by atoms with Gasteiger partial charge in [0.1, 0.15) is 5.75 Å². The van der Waals surface area contributed by atoms with Gasteiger partial charge in [0.15, 0.2) is 5.82 Å². The van der Waals surface area contributed by atoms with Gasteiger partial charge in [0.25, 0.3) is 0 Å². The fraction of sp³-hybridized carbons (Fsp3) is 0.467. The molecular weight excluding hydrogens is 266 g/mol. The molecule has 0 bridgehead atoms. The summed E-state index contributed by atoms with van der Waals surface area (Å²) in [5, 5.41) is 7.93. The lowest BCUT2D eigenvalue weighted by Gasteiger charge is -2.24. The fourth-order valence-electron chi connectivity index (χ4n) is 2.62. The number of nitrogens with zero attached hydrogens (tertiary/aromatic N) is 3. The van der Waals surface area contributed by atoms with Crippen molar-refractivity contribution in [2.45, 2.75) is 25.3 Å². The Morgan fingerprint density at radius 1 is 1.48 bits per heavy atom. The maximum absolute atomic E-state index is 5.53. The van der Waals surface area contributed by atoms with Crippen LogP contribution in [0, 0.1) is 0 Å². The standard InChI is InChI=1S/C15H21N5O/c1-21-13-5-2-4-11(8-13)12-9-17-15-18-14(6-3-7-16)19-20(15)10-12/h2,4-5,8,12H,3,6-7,9-10,16H2,1H3,(H,17,18,19). The van der Waals surface area contributed by atoms with Crippen LogP contribution >= 0.6 is 0 Å². The number of fused-ring (bicyclic) bond motifs is 1. The SMILES string of the molecule is COc1cccc(C2CNc3nc(CCCN)nn3C2)c1. The number of rotatable bonds is 5. The van der Waals surface area contributed by atoms with Gasteiger partial charge < -0.3 is 15.8 Å². The lowest BCUT2D eigenvalue weighted by molar-refractivity contribution is 0.412. The third-order valence-electron chi connectivity index (χ3n) is 3.79. The van der Waals surface area contributed by atoms with E-state index in [1.165, 1.54) is 5.56 Å². The highest BCUT2D eigenvalue weighted by atomic mass is 16.5. The van der Waals surface area contributed by atoms with Gasteiger partial charge in [-0.25, -0.2) is 4.68 Å². The summed E-state index contributed by atoms with van der Waals surface area (Å²) in [6.07, 6.45) is 1.75. The Kier molecular flexibility index (Phi) is 4.06. The van der Waals surface area contributed by atoms with Crippen molar-refractivity contribution in [2.75, 3.05) is 25.5 Å². The van der Waals surface area contributed by atoms with Crippen molar-refractivity contribution in [3.05, 3.63) is 35.7 Å². The van der Waals surface area contributed by atoms with Gasteiger partial charge in [-0.2, -0.15) is 10.1 Å². The average Bonchev–Trinajstić information content (AvgIpc) is 2.94. The van der Waals surface area contributed by atoms with Crippen LogP contribution in [0.1, 0.15) is 23.7 Å². The molecule has 3 N–H and O–H groups in total. The molecule has 3 rings (SSSR count). The first-order chi connectivity index (χ1) is 10.3. The average molecular weight is 287 g/mol. The second-order valence-electron chi connectivity index (χ2n) is 5.28. The van der Waals surface area contributed by atoms with E-state index in [4.69, 9.17) is 10.5 Å². The quantitative estimate of drug-likeness (QED) is 0.869. The largest absolute Gasteiger partial charge is 0.497 e. The minimum absolute atomic E-state index is 0.372. The van der Waals surface area contributed by atoms with Crippen LogP contribution < -0.4 is 15.8 Å². The van der Waals surface area contributed by atoms with Gasteiger partial charge in [-0.15, -0.1) is 0 Å². The predicted octanol–water partition coefficient (Wildman–Crippen LogP) is 1.39. The lowest BCUT2D eigenvalue weighted by atomic mass is 9.98. The van der Waals surface area contributed by atoms with Gasteiger partial charge in [-0.05, 0) is 30.7 Å². The second-order valence-corrected chi connectivity index (χ2v) is 5.28. The van der Waals surface area contributed by atoms with E-state index in [1.807, 2.05) is 16.8 Å². The van der Waals surface area contributed by atoms with Crippen molar-refractivity contribution in [3.63, 3.8) is 0 Å². The third-order valence-corrected chi connectivity index (χ3v) is 3.79. The molecule has 6 heteroatoms. The molecule has 1 unspecified atom stereocenters. The molecule has 0 aliphatic carbocycles. The van der Waals surface area contributed by atoms with E-state index in [2.05, 4.69) is 27.5 Å². The molecule has 1 aliphatic rings. The predicted molar refractivity (Wildman–Crippen MR) is 81.6 cm³/mol. The van der Waals surface area contributed by atoms with E-state index in [-0.39, 0.29) is 0 Å². The Bertz CT molecular complexity index is 610. The maximum atomic E-state index is 5.53. The van der Waals surface area contributed by atoms with Gasteiger partial charge in [0.05, 0.1) is 13.7 Å². The van der Waals surface area contributed by atoms with Crippen molar-refractivity contribution in [3.8, 4) is 5.75 Å². The van der Waals surface area contributed by atoms with Gasteiger partial charge in [0, 0.05) is 18.9 Å². The molecule has 1 atom stereocenters. The summed E-state index contributed by atoms with van der Waals surface area (Å²) in [5.41, 5.74) is 6.79. The molecule has 0 amide bonds. The Morgan fingerprint density at radius 3 is 3.19 bits per heavy atom. The molecule has 0 fully saturated rings. The lowest BCUT2D eigenvalue weighted by Crippen LogP contribution is -2.26. The van der Waals surface area contributed by atoms with E-state index < -0.39 is 0 Å². The fourth-order valence-corrected chi connectivity index (χ4v) is 2.62. The number of hydrogen-bond donors (Lipinski definition) is 2. The van der Waals surface area contributed by atoms with E-state index >= 15 is 0 Å². The van der Waals surface area contributed by atoms with Crippen LogP contribution in [-0.4, -0.2) is 35.0 Å². The topological polar surface area (TPSA) is 78.0 Å². The van der Waals surface area contributed by atoms with Gasteiger partial charge >= 0.3 is 0 Å². The molecule has 21 heavy (non-hydrogen) atoms. The van der Waals surface area contributed by atoms with Gasteiger partial charge in [-0.3, -0.25) is 0 Å². The summed E-state index contributed by atoms with van der Waals surface area (Å²) in [5.74, 6) is 2.99. The summed E-state index contributed by atoms with van der Waals surface area (Å²) in [7, 11) is 1.69. The molecular formula is C15H21N5O. The first kappa shape index (κ1) is 13.9. The van der Waals surface area contributed by atoms with E-state index in [9.17, 15) is 0 Å². The Labute approximate surface area is 124 Å². The number of methoxy groups -OCH3 is 1. The molecule has 0 saturated carbocycles. The van der Waals surface area contributed by atoms with Crippen molar-refractivity contribution in [2.24, 2.45) is 5.73 Å². The molecule has 1 aliphatic heterocycles. The zero-order valence-corrected chi connectivity index (χ0v) is 12.2. The number of anilines is 1. The van der Waals surface area contributed by atoms with E-state index in [0.29, 0.717) is 12.5 Å². The molecule has 2 heterocycles. The van der Waals surface area contributed by atoms with Gasteiger partial charge in [-0.1, -0.05) is 12.1 Å². The van der Waals surface area contributed by atoms with Crippen molar-refractivity contribution in [1.82, 2.24) is 14.8 Å². The van der Waals surface area contributed by atoms with Crippen LogP contribution in [0.5, 0.6) is 5.75 Å². The Balaban J connectivity index is 1.75. The number of ether oxygens (including phenoxy) is 1. The minimum Gasteiger partial charge on any atom is -0.497 e. The van der Waals surface area contributed by atoms with Gasteiger partial charge in [0.2, 0.25) is 5.95 Å². The van der Waals surface area contributed by atoms with Crippen molar-refractivity contribution in [1.29, 1.82) is 0 Å². The molecule has 0 saturated heterocycles. The summed E-state index contributed by atoms with van der Waals surface area (Å²) < 4.78 is 7.25. The van der Waals surface area contributed by atoms with Crippen molar-refractivity contribution >= 4 is 5.95 Å². The Morgan fingerprint density at radius 2 is 2.38 bits per heavy atom. The smallest absolute Gasteiger partial charge is 0.221 e. The van der Waals surface area contributed by atoms with Crippen LogP contribution in [0.2, 0.25) is 0 Å². The number of benzene rings is 1. The van der Waals surface area contributed by atoms with Crippen LogP contribution in [0.25, 0.3) is 0 Å². The first-order valence-corrected chi connectivity index (χ1v) is 7.31. The minimum atomic E-state index is 0.372. The molecule has 1 aromatic heterocycles. The monoisotopic (exact) mass is 287 g/mol. The number of nitrogens with two attached hydrogens (primary N) is 1. The normalized spacial score (nSPS) is 17.1. The van der Waals surface area contributed by atoms with E-state index in [1.54, 1.807) is 7.11 Å². The molecule has 1 aromatic carbocycles.